The van der Waals surface area contributed by atoms with Crippen molar-refractivity contribution >= 4 is 11.6 Å². The molecule has 1 fully saturated rings. The van der Waals surface area contributed by atoms with Gasteiger partial charge in [-0.25, -0.2) is 5.01 Å². The third-order valence-corrected chi connectivity index (χ3v) is 3.02. The quantitative estimate of drug-likeness (QED) is 0.728. The third kappa shape index (κ3) is 2.78. The van der Waals surface area contributed by atoms with Crippen molar-refractivity contribution in [3.8, 4) is 0 Å². The first kappa shape index (κ1) is 11.9. The molecule has 0 unspecified atom stereocenters. The van der Waals surface area contributed by atoms with Gasteiger partial charge in [0.1, 0.15) is 5.69 Å². The minimum atomic E-state index is -0.103. The fourth-order valence-corrected chi connectivity index (χ4v) is 1.93. The fourth-order valence-electron chi connectivity index (χ4n) is 1.93. The largest absolute Gasteiger partial charge is 0.397 e. The zero-order chi connectivity index (χ0) is 12.4. The van der Waals surface area contributed by atoms with Gasteiger partial charge >= 0.3 is 0 Å². The summed E-state index contributed by atoms with van der Waals surface area (Å²) in [7, 11) is 3.90. The maximum atomic E-state index is 12.0. The number of rotatable bonds is 2. The molecule has 1 saturated heterocycles. The minimum Gasteiger partial charge on any atom is -0.397 e. The van der Waals surface area contributed by atoms with E-state index < -0.39 is 0 Å². The molecule has 1 amide bonds. The Morgan fingerprint density at radius 1 is 1.29 bits per heavy atom. The lowest BCUT2D eigenvalue weighted by Gasteiger charge is -2.32. The van der Waals surface area contributed by atoms with Gasteiger partial charge < -0.3 is 15.2 Å². The van der Waals surface area contributed by atoms with E-state index in [9.17, 15) is 4.79 Å². The molecular weight excluding hydrogens is 218 g/mol. The van der Waals surface area contributed by atoms with Crippen molar-refractivity contribution < 1.29 is 4.79 Å². The van der Waals surface area contributed by atoms with Crippen molar-refractivity contribution in [2.24, 2.45) is 7.05 Å². The summed E-state index contributed by atoms with van der Waals surface area (Å²) in [5, 5.41) is 1.95. The van der Waals surface area contributed by atoms with Crippen LogP contribution in [0.25, 0.3) is 0 Å². The number of hydrogen-bond donors (Lipinski definition) is 2. The summed E-state index contributed by atoms with van der Waals surface area (Å²) < 4.78 is 1.74. The van der Waals surface area contributed by atoms with Gasteiger partial charge in [-0.15, -0.1) is 0 Å². The SMILES string of the molecule is CN1CCN(NC(=O)c2cc(N)cn2C)CC1. The van der Waals surface area contributed by atoms with Crippen molar-refractivity contribution in [3.63, 3.8) is 0 Å². The van der Waals surface area contributed by atoms with Crippen molar-refractivity contribution in [2.75, 3.05) is 39.0 Å². The molecule has 6 heteroatoms. The number of nitrogens with one attached hydrogen (secondary N) is 1. The Kier molecular flexibility index (Phi) is 3.35. The van der Waals surface area contributed by atoms with Gasteiger partial charge in [0.25, 0.3) is 5.91 Å². The zero-order valence-electron chi connectivity index (χ0n) is 10.3. The lowest BCUT2D eigenvalue weighted by molar-refractivity contribution is 0.0655. The Balaban J connectivity index is 1.95. The monoisotopic (exact) mass is 237 g/mol. The summed E-state index contributed by atoms with van der Waals surface area (Å²) in [5.74, 6) is -0.103. The Hall–Kier alpha value is -1.53. The minimum absolute atomic E-state index is 0.103. The molecule has 0 aromatic carbocycles. The van der Waals surface area contributed by atoms with Crippen LogP contribution in [-0.4, -0.2) is 53.6 Å². The van der Waals surface area contributed by atoms with E-state index in [0.717, 1.165) is 26.2 Å². The number of nitrogens with two attached hydrogens (primary N) is 1. The Morgan fingerprint density at radius 3 is 2.47 bits per heavy atom. The second-order valence-electron chi connectivity index (χ2n) is 4.50. The van der Waals surface area contributed by atoms with Crippen molar-refractivity contribution in [3.05, 3.63) is 18.0 Å². The van der Waals surface area contributed by atoms with Crippen LogP contribution in [0, 0.1) is 0 Å². The van der Waals surface area contributed by atoms with Gasteiger partial charge in [0, 0.05) is 39.4 Å². The van der Waals surface area contributed by atoms with E-state index in [1.807, 2.05) is 12.1 Å². The number of nitrogens with zero attached hydrogens (tertiary/aromatic N) is 3. The summed E-state index contributed by atoms with van der Waals surface area (Å²) in [6.45, 7) is 3.63. The molecule has 1 aromatic heterocycles. The van der Waals surface area contributed by atoms with Gasteiger partial charge in [-0.3, -0.25) is 10.2 Å². The third-order valence-electron chi connectivity index (χ3n) is 3.02. The molecule has 3 N–H and O–H groups in total. The van der Waals surface area contributed by atoms with Gasteiger partial charge in [0.05, 0.1) is 5.69 Å². The molecule has 2 heterocycles. The molecule has 0 bridgehead atoms. The van der Waals surface area contributed by atoms with E-state index in [1.54, 1.807) is 16.8 Å². The highest BCUT2D eigenvalue weighted by molar-refractivity contribution is 5.93. The number of aromatic nitrogens is 1. The molecule has 17 heavy (non-hydrogen) atoms. The average Bonchev–Trinajstić information content (AvgIpc) is 2.61. The molecule has 0 radical (unpaired) electrons. The molecule has 6 nitrogen and oxygen atoms in total. The van der Waals surface area contributed by atoms with Gasteiger partial charge in [-0.1, -0.05) is 0 Å². The molecule has 0 aliphatic carbocycles. The Morgan fingerprint density at radius 2 is 1.94 bits per heavy atom. The number of nitrogen functional groups attached to an aromatic ring is 1. The number of anilines is 1. The smallest absolute Gasteiger partial charge is 0.282 e. The highest BCUT2D eigenvalue weighted by Crippen LogP contribution is 2.08. The Bertz CT molecular complexity index is 406. The Labute approximate surface area is 101 Å². The van der Waals surface area contributed by atoms with E-state index >= 15 is 0 Å². The molecule has 94 valence electrons. The van der Waals surface area contributed by atoms with E-state index in [2.05, 4.69) is 17.4 Å². The number of hydrazine groups is 1. The van der Waals surface area contributed by atoms with Gasteiger partial charge in [0.2, 0.25) is 0 Å². The van der Waals surface area contributed by atoms with E-state index in [1.165, 1.54) is 0 Å². The normalized spacial score (nSPS) is 18.2. The number of carbonyl (C=O) groups is 1. The maximum absolute atomic E-state index is 12.0. The number of amides is 1. The van der Waals surface area contributed by atoms with Crippen LogP contribution in [-0.2, 0) is 7.05 Å². The summed E-state index contributed by atoms with van der Waals surface area (Å²) in [5.41, 5.74) is 9.74. The van der Waals surface area contributed by atoms with Crippen LogP contribution in [0.2, 0.25) is 0 Å². The summed E-state index contributed by atoms with van der Waals surface area (Å²) in [6.07, 6.45) is 1.74. The molecule has 0 atom stereocenters. The summed E-state index contributed by atoms with van der Waals surface area (Å²) in [4.78, 5) is 14.2. The lowest BCUT2D eigenvalue weighted by Crippen LogP contribution is -2.52. The summed E-state index contributed by atoms with van der Waals surface area (Å²) >= 11 is 0. The van der Waals surface area contributed by atoms with E-state index in [0.29, 0.717) is 11.4 Å². The van der Waals surface area contributed by atoms with Crippen LogP contribution in [0.1, 0.15) is 10.5 Å². The van der Waals surface area contributed by atoms with Gasteiger partial charge in [-0.2, -0.15) is 0 Å². The molecule has 2 rings (SSSR count). The van der Waals surface area contributed by atoms with Crippen LogP contribution in [0.4, 0.5) is 5.69 Å². The first-order valence-electron chi connectivity index (χ1n) is 5.72. The number of carbonyl (C=O) groups excluding carboxylic acids is 1. The highest BCUT2D eigenvalue weighted by atomic mass is 16.2. The molecular formula is C11H19N5O. The topological polar surface area (TPSA) is 66.5 Å². The second kappa shape index (κ2) is 4.77. The van der Waals surface area contributed by atoms with Crippen LogP contribution < -0.4 is 11.2 Å². The van der Waals surface area contributed by atoms with Crippen LogP contribution >= 0.6 is 0 Å². The van der Waals surface area contributed by atoms with E-state index in [-0.39, 0.29) is 5.91 Å². The number of piperazine rings is 1. The van der Waals surface area contributed by atoms with Crippen LogP contribution in [0.5, 0.6) is 0 Å². The predicted octanol–water partition coefficient (Wildman–Crippen LogP) is -0.500. The van der Waals surface area contributed by atoms with Crippen LogP contribution in [0.15, 0.2) is 12.3 Å². The second-order valence-corrected chi connectivity index (χ2v) is 4.50. The van der Waals surface area contributed by atoms with Crippen molar-refractivity contribution in [1.82, 2.24) is 19.9 Å². The van der Waals surface area contributed by atoms with Gasteiger partial charge in [0.15, 0.2) is 0 Å². The number of likely N-dealkylation sites (N-methyl/N-ethyl adjacent to an activating group) is 1. The predicted molar refractivity (Wildman–Crippen MR) is 66.4 cm³/mol. The standard InChI is InChI=1S/C11H19N5O/c1-14-3-5-16(6-4-14)13-11(17)10-7-9(12)8-15(10)2/h7-8H,3-6,12H2,1-2H3,(H,13,17). The lowest BCUT2D eigenvalue weighted by atomic mass is 10.3. The first-order chi connectivity index (χ1) is 8.06. The molecule has 0 saturated carbocycles. The number of hydrogen-bond acceptors (Lipinski definition) is 4. The molecule has 1 aliphatic heterocycles. The fraction of sp³-hybridized carbons (Fsp3) is 0.545. The number of aryl methyl sites for hydroxylation is 1. The van der Waals surface area contributed by atoms with Crippen molar-refractivity contribution in [2.45, 2.75) is 0 Å². The molecule has 1 aliphatic rings. The summed E-state index contributed by atoms with van der Waals surface area (Å²) in [6, 6.07) is 1.69. The van der Waals surface area contributed by atoms with E-state index in [4.69, 9.17) is 5.73 Å². The molecule has 0 spiro atoms. The first-order valence-corrected chi connectivity index (χ1v) is 5.72. The van der Waals surface area contributed by atoms with Crippen LogP contribution in [0.3, 0.4) is 0 Å². The zero-order valence-corrected chi connectivity index (χ0v) is 10.3. The average molecular weight is 237 g/mol. The molecule has 1 aromatic rings. The van der Waals surface area contributed by atoms with Crippen molar-refractivity contribution in [1.29, 1.82) is 0 Å². The highest BCUT2D eigenvalue weighted by Gasteiger charge is 2.18. The van der Waals surface area contributed by atoms with Gasteiger partial charge in [-0.05, 0) is 13.1 Å². The maximum Gasteiger partial charge on any atom is 0.282 e.